The van der Waals surface area contributed by atoms with Gasteiger partial charge < -0.3 is 4.90 Å². The zero-order chi connectivity index (χ0) is 13.3. The number of carbonyl (C=O) groups is 1. The van der Waals surface area contributed by atoms with Gasteiger partial charge in [-0.3, -0.25) is 14.7 Å². The first-order valence-electron chi connectivity index (χ1n) is 6.11. The van der Waals surface area contributed by atoms with E-state index in [0.717, 1.165) is 6.20 Å². The van der Waals surface area contributed by atoms with E-state index >= 15 is 0 Å². The molecule has 1 aliphatic heterocycles. The van der Waals surface area contributed by atoms with Crippen LogP contribution in [0.2, 0.25) is 0 Å². The van der Waals surface area contributed by atoms with Crippen LogP contribution in [0.4, 0.5) is 4.39 Å². The first kappa shape index (κ1) is 13.0. The Balaban J connectivity index is 2.18. The van der Waals surface area contributed by atoms with E-state index in [1.807, 2.05) is 7.05 Å². The first-order chi connectivity index (χ1) is 8.50. The number of amides is 1. The van der Waals surface area contributed by atoms with Gasteiger partial charge in [-0.1, -0.05) is 0 Å². The fourth-order valence-electron chi connectivity index (χ4n) is 2.29. The molecule has 1 aromatic heterocycles. The van der Waals surface area contributed by atoms with Crippen molar-refractivity contribution < 1.29 is 9.18 Å². The van der Waals surface area contributed by atoms with Crippen LogP contribution in [0.3, 0.4) is 0 Å². The number of hydrogen-bond donors (Lipinski definition) is 0. The Kier molecular flexibility index (Phi) is 3.61. The number of aromatic nitrogens is 1. The molecule has 1 saturated heterocycles. The smallest absolute Gasteiger partial charge is 0.257 e. The van der Waals surface area contributed by atoms with Crippen molar-refractivity contribution in [2.45, 2.75) is 25.9 Å². The maximum absolute atomic E-state index is 13.5. The molecule has 5 heteroatoms. The molecular formula is C13H18FN3O. The molecule has 2 heterocycles. The largest absolute Gasteiger partial charge is 0.335 e. The molecule has 1 aromatic rings. The van der Waals surface area contributed by atoms with Gasteiger partial charge in [-0.25, -0.2) is 4.39 Å². The lowest BCUT2D eigenvalue weighted by atomic mass is 10.1. The van der Waals surface area contributed by atoms with Crippen molar-refractivity contribution in [2.75, 3.05) is 20.1 Å². The van der Waals surface area contributed by atoms with Crippen molar-refractivity contribution in [3.05, 3.63) is 29.8 Å². The summed E-state index contributed by atoms with van der Waals surface area (Å²) in [5.41, 5.74) is 0.106. The molecule has 98 valence electrons. The topological polar surface area (TPSA) is 36.4 Å². The molecule has 0 aliphatic carbocycles. The van der Waals surface area contributed by atoms with Gasteiger partial charge in [0.25, 0.3) is 5.91 Å². The lowest BCUT2D eigenvalue weighted by Gasteiger charge is -2.42. The highest BCUT2D eigenvalue weighted by molar-refractivity contribution is 5.94. The summed E-state index contributed by atoms with van der Waals surface area (Å²) in [5, 5.41) is 0. The fraction of sp³-hybridized carbons (Fsp3) is 0.538. The van der Waals surface area contributed by atoms with Gasteiger partial charge in [0.2, 0.25) is 0 Å². The third-order valence-electron chi connectivity index (χ3n) is 3.65. The van der Waals surface area contributed by atoms with E-state index in [9.17, 15) is 9.18 Å². The second-order valence-electron chi connectivity index (χ2n) is 4.93. The second-order valence-corrected chi connectivity index (χ2v) is 4.93. The maximum atomic E-state index is 13.5. The van der Waals surface area contributed by atoms with Crippen molar-refractivity contribution in [3.63, 3.8) is 0 Å². The number of rotatable bonds is 1. The van der Waals surface area contributed by atoms with Gasteiger partial charge in [-0.15, -0.1) is 0 Å². The molecule has 1 fully saturated rings. The minimum absolute atomic E-state index is 0.106. The number of hydrogen-bond acceptors (Lipinski definition) is 3. The number of likely N-dealkylation sites (N-methyl/N-ethyl adjacent to an activating group) is 1. The van der Waals surface area contributed by atoms with Crippen LogP contribution in [0.25, 0.3) is 0 Å². The summed E-state index contributed by atoms with van der Waals surface area (Å²) in [4.78, 5) is 19.9. The van der Waals surface area contributed by atoms with Gasteiger partial charge in [-0.2, -0.15) is 0 Å². The lowest BCUT2D eigenvalue weighted by Crippen LogP contribution is -2.56. The van der Waals surface area contributed by atoms with Gasteiger partial charge in [0.1, 0.15) is 0 Å². The molecule has 4 nitrogen and oxygen atoms in total. The van der Waals surface area contributed by atoms with Crippen LogP contribution < -0.4 is 0 Å². The van der Waals surface area contributed by atoms with E-state index in [4.69, 9.17) is 0 Å². The first-order valence-corrected chi connectivity index (χ1v) is 6.11. The van der Waals surface area contributed by atoms with Crippen LogP contribution in [0.5, 0.6) is 0 Å². The predicted molar refractivity (Wildman–Crippen MR) is 66.8 cm³/mol. The fourth-order valence-corrected chi connectivity index (χ4v) is 2.29. The van der Waals surface area contributed by atoms with Gasteiger partial charge in [0.15, 0.2) is 5.82 Å². The van der Waals surface area contributed by atoms with Crippen LogP contribution in [0.1, 0.15) is 24.2 Å². The minimum atomic E-state index is -0.554. The summed E-state index contributed by atoms with van der Waals surface area (Å²) >= 11 is 0. The highest BCUT2D eigenvalue weighted by Crippen LogP contribution is 2.17. The van der Waals surface area contributed by atoms with Gasteiger partial charge in [0, 0.05) is 31.4 Å². The second kappa shape index (κ2) is 5.02. The summed E-state index contributed by atoms with van der Waals surface area (Å²) in [5.74, 6) is -0.802. The Morgan fingerprint density at radius 3 is 2.56 bits per heavy atom. The molecule has 1 aliphatic rings. The highest BCUT2D eigenvalue weighted by Gasteiger charge is 2.30. The summed E-state index contributed by atoms with van der Waals surface area (Å²) in [6.45, 7) is 5.39. The quantitative estimate of drug-likeness (QED) is 0.756. The van der Waals surface area contributed by atoms with Crippen molar-refractivity contribution in [1.29, 1.82) is 0 Å². The Hall–Kier alpha value is -1.49. The van der Waals surface area contributed by atoms with E-state index in [1.54, 1.807) is 4.90 Å². The average molecular weight is 251 g/mol. The number of nitrogens with zero attached hydrogens (tertiary/aromatic N) is 3. The summed E-state index contributed by atoms with van der Waals surface area (Å²) < 4.78 is 13.5. The lowest BCUT2D eigenvalue weighted by molar-refractivity contribution is 0.0410. The molecule has 0 aromatic carbocycles. The number of carbonyl (C=O) groups excluding carboxylic acids is 1. The molecule has 0 N–H and O–H groups in total. The van der Waals surface area contributed by atoms with E-state index < -0.39 is 5.82 Å². The van der Waals surface area contributed by atoms with Crippen molar-refractivity contribution >= 4 is 5.91 Å². The van der Waals surface area contributed by atoms with Crippen LogP contribution in [-0.2, 0) is 0 Å². The van der Waals surface area contributed by atoms with Gasteiger partial charge in [-0.05, 0) is 27.0 Å². The summed E-state index contributed by atoms with van der Waals surface area (Å²) in [6.07, 6.45) is 2.52. The van der Waals surface area contributed by atoms with Gasteiger partial charge >= 0.3 is 0 Å². The normalized spacial score (nSPS) is 25.2. The predicted octanol–water partition coefficient (Wildman–Crippen LogP) is 1.39. The van der Waals surface area contributed by atoms with Crippen molar-refractivity contribution in [2.24, 2.45) is 0 Å². The monoisotopic (exact) mass is 251 g/mol. The molecule has 18 heavy (non-hydrogen) atoms. The summed E-state index contributed by atoms with van der Waals surface area (Å²) in [7, 11) is 2.05. The standard InChI is InChI=1S/C13H18FN3O/c1-9-7-17(8-10(2)16(9)3)13(18)11-4-5-15-6-12(11)14/h4-6,9-10H,7-8H2,1-3H3. The Labute approximate surface area is 106 Å². The Bertz CT molecular complexity index is 440. The van der Waals surface area contributed by atoms with E-state index in [0.29, 0.717) is 13.1 Å². The third-order valence-corrected chi connectivity index (χ3v) is 3.65. The number of halogens is 1. The molecule has 0 saturated carbocycles. The highest BCUT2D eigenvalue weighted by atomic mass is 19.1. The van der Waals surface area contributed by atoms with E-state index in [-0.39, 0.29) is 23.6 Å². The molecule has 2 unspecified atom stereocenters. The molecule has 2 atom stereocenters. The minimum Gasteiger partial charge on any atom is -0.335 e. The number of piperazine rings is 1. The molecule has 0 radical (unpaired) electrons. The number of pyridine rings is 1. The molecule has 0 spiro atoms. The Morgan fingerprint density at radius 2 is 2.00 bits per heavy atom. The zero-order valence-electron chi connectivity index (χ0n) is 10.9. The van der Waals surface area contributed by atoms with Crippen molar-refractivity contribution in [3.8, 4) is 0 Å². The van der Waals surface area contributed by atoms with Gasteiger partial charge in [0.05, 0.1) is 11.8 Å². The van der Waals surface area contributed by atoms with Crippen LogP contribution in [0.15, 0.2) is 18.5 Å². The third kappa shape index (κ3) is 2.36. The molecule has 1 amide bonds. The Morgan fingerprint density at radius 1 is 1.39 bits per heavy atom. The van der Waals surface area contributed by atoms with Crippen LogP contribution >= 0.6 is 0 Å². The molecular weight excluding hydrogens is 233 g/mol. The maximum Gasteiger partial charge on any atom is 0.257 e. The summed E-state index contributed by atoms with van der Waals surface area (Å²) in [6, 6.07) is 2.00. The molecule has 0 bridgehead atoms. The zero-order valence-corrected chi connectivity index (χ0v) is 10.9. The van der Waals surface area contributed by atoms with E-state index in [1.165, 1.54) is 12.3 Å². The van der Waals surface area contributed by atoms with Crippen LogP contribution in [0, 0.1) is 5.82 Å². The average Bonchev–Trinajstić information content (AvgIpc) is 2.35. The van der Waals surface area contributed by atoms with Crippen molar-refractivity contribution in [1.82, 2.24) is 14.8 Å². The van der Waals surface area contributed by atoms with E-state index in [2.05, 4.69) is 23.7 Å². The van der Waals surface area contributed by atoms with Crippen LogP contribution in [-0.4, -0.2) is 52.9 Å². The SMILES string of the molecule is CC1CN(C(=O)c2ccncc2F)CC(C)N1C. The molecule has 2 rings (SSSR count).